The molecule has 0 radical (unpaired) electrons. The van der Waals surface area contributed by atoms with Crippen molar-refractivity contribution in [3.63, 3.8) is 0 Å². The molecule has 1 amide bonds. The molecule has 0 unspecified atom stereocenters. The standard InChI is InChI=1S/C19H15FN4O/c20-17-13-16(7-8-18(17)24-11-4-10-22-24)19(25)23(12-9-21)14-15-5-2-1-3-6-15/h1-8,10-11,13H,12,14H2. The number of amides is 1. The lowest BCUT2D eigenvalue weighted by atomic mass is 10.1. The molecule has 25 heavy (non-hydrogen) atoms. The summed E-state index contributed by atoms with van der Waals surface area (Å²) in [4.78, 5) is 14.1. The van der Waals surface area contributed by atoms with Crippen molar-refractivity contribution in [3.05, 3.63) is 83.9 Å². The third-order valence-corrected chi connectivity index (χ3v) is 3.71. The van der Waals surface area contributed by atoms with Gasteiger partial charge < -0.3 is 4.90 Å². The van der Waals surface area contributed by atoms with Gasteiger partial charge in [0.05, 0.1) is 6.07 Å². The Balaban J connectivity index is 1.85. The van der Waals surface area contributed by atoms with E-state index in [1.165, 1.54) is 27.8 Å². The first-order valence-electron chi connectivity index (χ1n) is 7.69. The maximum absolute atomic E-state index is 14.4. The Kier molecular flexibility index (Phi) is 4.86. The molecule has 0 aliphatic carbocycles. The maximum atomic E-state index is 14.4. The second-order valence-electron chi connectivity index (χ2n) is 5.42. The summed E-state index contributed by atoms with van der Waals surface area (Å²) < 4.78 is 15.7. The molecular weight excluding hydrogens is 319 g/mol. The molecule has 0 saturated heterocycles. The number of halogens is 1. The molecule has 0 aliphatic rings. The Hall–Kier alpha value is -3.46. The van der Waals surface area contributed by atoms with Crippen molar-refractivity contribution in [2.75, 3.05) is 6.54 Å². The van der Waals surface area contributed by atoms with E-state index in [0.29, 0.717) is 0 Å². The van der Waals surface area contributed by atoms with Gasteiger partial charge in [-0.2, -0.15) is 10.4 Å². The zero-order valence-corrected chi connectivity index (χ0v) is 13.3. The Morgan fingerprint density at radius 3 is 2.64 bits per heavy atom. The van der Waals surface area contributed by atoms with Crippen LogP contribution in [0, 0.1) is 17.1 Å². The summed E-state index contributed by atoms with van der Waals surface area (Å²) in [5.41, 5.74) is 1.36. The summed E-state index contributed by atoms with van der Waals surface area (Å²) in [5.74, 6) is -0.942. The molecule has 0 bridgehead atoms. The zero-order valence-electron chi connectivity index (χ0n) is 13.3. The van der Waals surface area contributed by atoms with E-state index in [1.54, 1.807) is 18.5 Å². The SMILES string of the molecule is N#CCN(Cc1ccccc1)C(=O)c1ccc(-n2cccn2)c(F)c1. The molecule has 0 spiro atoms. The van der Waals surface area contributed by atoms with E-state index in [0.717, 1.165) is 5.56 Å². The van der Waals surface area contributed by atoms with Crippen LogP contribution in [0.4, 0.5) is 4.39 Å². The van der Waals surface area contributed by atoms with Crippen LogP contribution in [0.5, 0.6) is 0 Å². The number of nitrogens with zero attached hydrogens (tertiary/aromatic N) is 4. The molecule has 1 aromatic heterocycles. The molecule has 2 aromatic carbocycles. The predicted octanol–water partition coefficient (Wildman–Crippen LogP) is 3.18. The molecule has 3 rings (SSSR count). The fraction of sp³-hybridized carbons (Fsp3) is 0.105. The van der Waals surface area contributed by atoms with Crippen molar-refractivity contribution in [3.8, 4) is 11.8 Å². The Morgan fingerprint density at radius 1 is 1.20 bits per heavy atom. The Bertz CT molecular complexity index is 901. The third kappa shape index (κ3) is 3.72. The van der Waals surface area contributed by atoms with E-state index >= 15 is 0 Å². The highest BCUT2D eigenvalue weighted by Crippen LogP contribution is 2.17. The number of benzene rings is 2. The number of nitriles is 1. The van der Waals surface area contributed by atoms with E-state index in [-0.39, 0.29) is 24.3 Å². The van der Waals surface area contributed by atoms with Crippen LogP contribution in [-0.2, 0) is 6.54 Å². The molecule has 0 fully saturated rings. The molecule has 0 saturated carbocycles. The van der Waals surface area contributed by atoms with E-state index in [9.17, 15) is 9.18 Å². The summed E-state index contributed by atoms with van der Waals surface area (Å²) in [6.07, 6.45) is 3.17. The van der Waals surface area contributed by atoms with Gasteiger partial charge >= 0.3 is 0 Å². The molecule has 1 heterocycles. The maximum Gasteiger partial charge on any atom is 0.255 e. The van der Waals surface area contributed by atoms with Crippen molar-refractivity contribution in [1.29, 1.82) is 5.26 Å². The van der Waals surface area contributed by atoms with Gasteiger partial charge in [0, 0.05) is 24.5 Å². The Morgan fingerprint density at radius 2 is 2.00 bits per heavy atom. The number of carbonyl (C=O) groups is 1. The summed E-state index contributed by atoms with van der Waals surface area (Å²) in [7, 11) is 0. The van der Waals surface area contributed by atoms with Crippen molar-refractivity contribution >= 4 is 5.91 Å². The monoisotopic (exact) mass is 334 g/mol. The zero-order chi connectivity index (χ0) is 17.6. The van der Waals surface area contributed by atoms with Crippen molar-refractivity contribution in [2.45, 2.75) is 6.54 Å². The van der Waals surface area contributed by atoms with Gasteiger partial charge in [-0.05, 0) is 29.8 Å². The fourth-order valence-corrected chi connectivity index (χ4v) is 2.51. The van der Waals surface area contributed by atoms with Crippen LogP contribution in [-0.4, -0.2) is 27.1 Å². The average Bonchev–Trinajstić information content (AvgIpc) is 3.16. The minimum Gasteiger partial charge on any atom is -0.321 e. The van der Waals surface area contributed by atoms with E-state index in [1.807, 2.05) is 36.4 Å². The largest absolute Gasteiger partial charge is 0.321 e. The highest BCUT2D eigenvalue weighted by molar-refractivity contribution is 5.94. The second-order valence-corrected chi connectivity index (χ2v) is 5.42. The summed E-state index contributed by atoms with van der Waals surface area (Å²) in [5, 5.41) is 13.0. The molecule has 6 heteroatoms. The van der Waals surface area contributed by atoms with Gasteiger partial charge in [-0.3, -0.25) is 4.79 Å². The van der Waals surface area contributed by atoms with Gasteiger partial charge in [-0.25, -0.2) is 9.07 Å². The smallest absolute Gasteiger partial charge is 0.255 e. The minimum absolute atomic E-state index is 0.0732. The van der Waals surface area contributed by atoms with Crippen LogP contribution >= 0.6 is 0 Å². The topological polar surface area (TPSA) is 61.9 Å². The molecule has 5 nitrogen and oxygen atoms in total. The molecule has 0 N–H and O–H groups in total. The van der Waals surface area contributed by atoms with Crippen LogP contribution in [0.3, 0.4) is 0 Å². The minimum atomic E-state index is -0.550. The van der Waals surface area contributed by atoms with Gasteiger partial charge in [0.1, 0.15) is 18.0 Å². The molecular formula is C19H15FN4O. The van der Waals surface area contributed by atoms with E-state index < -0.39 is 11.7 Å². The lowest BCUT2D eigenvalue weighted by molar-refractivity contribution is 0.0764. The van der Waals surface area contributed by atoms with Crippen LogP contribution in [0.15, 0.2) is 67.0 Å². The summed E-state index contributed by atoms with van der Waals surface area (Å²) >= 11 is 0. The summed E-state index contributed by atoms with van der Waals surface area (Å²) in [6.45, 7) is 0.214. The van der Waals surface area contributed by atoms with Crippen LogP contribution < -0.4 is 0 Å². The molecule has 0 aliphatic heterocycles. The third-order valence-electron chi connectivity index (χ3n) is 3.71. The van der Waals surface area contributed by atoms with E-state index in [2.05, 4.69) is 5.10 Å². The van der Waals surface area contributed by atoms with E-state index in [4.69, 9.17) is 5.26 Å². The lowest BCUT2D eigenvalue weighted by Crippen LogP contribution is -2.31. The van der Waals surface area contributed by atoms with Gasteiger partial charge in [0.15, 0.2) is 0 Å². The average molecular weight is 334 g/mol. The van der Waals surface area contributed by atoms with Crippen LogP contribution in [0.25, 0.3) is 5.69 Å². The van der Waals surface area contributed by atoms with Crippen molar-refractivity contribution in [1.82, 2.24) is 14.7 Å². The second kappa shape index (κ2) is 7.41. The molecule has 124 valence electrons. The van der Waals surface area contributed by atoms with Gasteiger partial charge in [0.25, 0.3) is 5.91 Å². The Labute approximate surface area is 144 Å². The molecule has 3 aromatic rings. The summed E-state index contributed by atoms with van der Waals surface area (Å²) in [6, 6.07) is 17.2. The first-order chi connectivity index (χ1) is 12.2. The predicted molar refractivity (Wildman–Crippen MR) is 90.3 cm³/mol. The number of aromatic nitrogens is 2. The van der Waals surface area contributed by atoms with Crippen LogP contribution in [0.2, 0.25) is 0 Å². The quantitative estimate of drug-likeness (QED) is 0.673. The van der Waals surface area contributed by atoms with Gasteiger partial charge in [-0.1, -0.05) is 30.3 Å². The van der Waals surface area contributed by atoms with Gasteiger partial charge in [0.2, 0.25) is 0 Å². The fourth-order valence-electron chi connectivity index (χ4n) is 2.51. The number of rotatable bonds is 5. The highest BCUT2D eigenvalue weighted by atomic mass is 19.1. The van der Waals surface area contributed by atoms with Crippen molar-refractivity contribution < 1.29 is 9.18 Å². The number of carbonyl (C=O) groups excluding carboxylic acids is 1. The molecule has 0 atom stereocenters. The van der Waals surface area contributed by atoms with Crippen molar-refractivity contribution in [2.24, 2.45) is 0 Å². The highest BCUT2D eigenvalue weighted by Gasteiger charge is 2.18. The first kappa shape index (κ1) is 16.4. The first-order valence-corrected chi connectivity index (χ1v) is 7.69. The normalized spacial score (nSPS) is 10.2. The number of hydrogen-bond acceptors (Lipinski definition) is 3. The van der Waals surface area contributed by atoms with Gasteiger partial charge in [-0.15, -0.1) is 0 Å². The number of hydrogen-bond donors (Lipinski definition) is 0. The lowest BCUT2D eigenvalue weighted by Gasteiger charge is -2.20. The van der Waals surface area contributed by atoms with Crippen LogP contribution in [0.1, 0.15) is 15.9 Å².